The van der Waals surface area contributed by atoms with Crippen molar-refractivity contribution < 1.29 is 26.3 Å². The van der Waals surface area contributed by atoms with Gasteiger partial charge in [0.2, 0.25) is 0 Å². The fourth-order valence-corrected chi connectivity index (χ4v) is 4.45. The largest absolute Gasteiger partial charge is 0.416 e. The predicted octanol–water partition coefficient (Wildman–Crippen LogP) is 9.36. The van der Waals surface area contributed by atoms with Gasteiger partial charge < -0.3 is 0 Å². The normalized spacial score (nSPS) is 12.4. The number of hydrogen-bond donors (Lipinski definition) is 0. The topological polar surface area (TPSA) is 0 Å². The third-order valence-electron chi connectivity index (χ3n) is 5.87. The van der Waals surface area contributed by atoms with E-state index in [0.717, 1.165) is 34.0 Å². The second kappa shape index (κ2) is 7.90. The molecular formula is C28H16F6. The molecule has 0 N–H and O–H groups in total. The minimum absolute atomic E-state index is 0.130. The predicted molar refractivity (Wildman–Crippen MR) is 122 cm³/mol. The molecule has 0 unspecified atom stereocenters. The van der Waals surface area contributed by atoms with Gasteiger partial charge in [0.05, 0.1) is 11.1 Å². The van der Waals surface area contributed by atoms with Crippen molar-refractivity contribution >= 4 is 21.5 Å². The summed E-state index contributed by atoms with van der Waals surface area (Å²) in [6.45, 7) is 0. The second-order valence-electron chi connectivity index (χ2n) is 8.00. The molecule has 5 rings (SSSR count). The van der Waals surface area contributed by atoms with Gasteiger partial charge in [-0.25, -0.2) is 0 Å². The Bertz CT molecular complexity index is 1420. The Labute approximate surface area is 191 Å². The van der Waals surface area contributed by atoms with E-state index in [2.05, 4.69) is 0 Å². The van der Waals surface area contributed by atoms with Gasteiger partial charge in [0.15, 0.2) is 0 Å². The molecule has 0 radical (unpaired) electrons. The fraction of sp³-hybridized carbons (Fsp3) is 0.0714. The highest BCUT2D eigenvalue weighted by molar-refractivity contribution is 6.21. The van der Waals surface area contributed by atoms with Crippen LogP contribution in [-0.2, 0) is 12.4 Å². The van der Waals surface area contributed by atoms with Gasteiger partial charge in [-0.05, 0) is 62.0 Å². The van der Waals surface area contributed by atoms with Crippen LogP contribution >= 0.6 is 0 Å². The highest BCUT2D eigenvalue weighted by Gasteiger charge is 2.37. The van der Waals surface area contributed by atoms with Crippen LogP contribution in [0.3, 0.4) is 0 Å². The molecule has 34 heavy (non-hydrogen) atoms. The number of hydrogen-bond acceptors (Lipinski definition) is 0. The molecule has 0 atom stereocenters. The molecule has 0 aliphatic rings. The molecule has 5 aromatic rings. The number of rotatable bonds is 2. The van der Waals surface area contributed by atoms with E-state index in [1.807, 2.05) is 42.5 Å². The van der Waals surface area contributed by atoms with Crippen molar-refractivity contribution in [1.29, 1.82) is 0 Å². The summed E-state index contributed by atoms with van der Waals surface area (Å²) in [7, 11) is 0. The van der Waals surface area contributed by atoms with Crippen molar-refractivity contribution in [2.45, 2.75) is 12.4 Å². The first-order valence-electron chi connectivity index (χ1n) is 10.4. The van der Waals surface area contributed by atoms with Crippen molar-refractivity contribution in [2.24, 2.45) is 0 Å². The number of alkyl halides is 6. The lowest BCUT2D eigenvalue weighted by molar-refractivity contribution is -0.143. The molecular weight excluding hydrogens is 450 g/mol. The summed E-state index contributed by atoms with van der Waals surface area (Å²) in [6.07, 6.45) is -9.85. The van der Waals surface area contributed by atoms with E-state index in [9.17, 15) is 26.3 Å². The lowest BCUT2D eigenvalue weighted by Gasteiger charge is -2.19. The molecule has 0 aliphatic heterocycles. The maximum absolute atomic E-state index is 13.6. The highest BCUT2D eigenvalue weighted by atomic mass is 19.4. The Morgan fingerprint density at radius 1 is 0.382 bits per heavy atom. The van der Waals surface area contributed by atoms with E-state index < -0.39 is 23.5 Å². The standard InChI is InChI=1S/C28H16F6/c29-27(30,31)19-14-18(15-20(16-19)28(32,33)34)26-23-12-6-4-10-21(23)25(17-8-2-1-3-9-17)22-11-5-7-13-24(22)26/h1-16H. The zero-order valence-electron chi connectivity index (χ0n) is 17.5. The van der Waals surface area contributed by atoms with Crippen LogP contribution < -0.4 is 0 Å². The average molecular weight is 466 g/mol. The Hall–Kier alpha value is -3.80. The lowest BCUT2D eigenvalue weighted by Crippen LogP contribution is -2.11. The Balaban J connectivity index is 1.95. The van der Waals surface area contributed by atoms with Gasteiger partial charge in [0, 0.05) is 0 Å². The fourth-order valence-electron chi connectivity index (χ4n) is 4.45. The molecule has 5 aromatic carbocycles. The van der Waals surface area contributed by atoms with Crippen LogP contribution in [0.25, 0.3) is 43.8 Å². The minimum atomic E-state index is -4.93. The number of benzene rings is 5. The Morgan fingerprint density at radius 2 is 0.735 bits per heavy atom. The SMILES string of the molecule is FC(F)(F)c1cc(-c2c3ccccc3c(-c3ccccc3)c3ccccc23)cc(C(F)(F)F)c1. The van der Waals surface area contributed by atoms with Crippen LogP contribution in [0.15, 0.2) is 97.1 Å². The average Bonchev–Trinajstić information content (AvgIpc) is 2.81. The molecule has 0 aliphatic carbocycles. The first-order chi connectivity index (χ1) is 16.1. The quantitative estimate of drug-likeness (QED) is 0.180. The van der Waals surface area contributed by atoms with Crippen molar-refractivity contribution in [3.8, 4) is 22.3 Å². The summed E-state index contributed by atoms with van der Waals surface area (Å²) in [5.41, 5.74) is -0.688. The van der Waals surface area contributed by atoms with Crippen molar-refractivity contribution in [3.63, 3.8) is 0 Å². The Morgan fingerprint density at radius 3 is 1.12 bits per heavy atom. The van der Waals surface area contributed by atoms with E-state index in [4.69, 9.17) is 0 Å². The van der Waals surface area contributed by atoms with Gasteiger partial charge in [-0.2, -0.15) is 26.3 Å². The first kappa shape index (κ1) is 22.0. The summed E-state index contributed by atoms with van der Waals surface area (Å²) in [4.78, 5) is 0. The third kappa shape index (κ3) is 3.79. The summed E-state index contributed by atoms with van der Waals surface area (Å²) in [5, 5.41) is 2.64. The van der Waals surface area contributed by atoms with Gasteiger partial charge in [-0.15, -0.1) is 0 Å². The summed E-state index contributed by atoms with van der Waals surface area (Å²) >= 11 is 0. The molecule has 6 heteroatoms. The van der Waals surface area contributed by atoms with Crippen molar-refractivity contribution in [2.75, 3.05) is 0 Å². The van der Waals surface area contributed by atoms with Crippen LogP contribution in [0.2, 0.25) is 0 Å². The molecule has 0 heterocycles. The smallest absolute Gasteiger partial charge is 0.166 e. The summed E-state index contributed by atoms with van der Waals surface area (Å²) in [5.74, 6) is 0. The zero-order valence-corrected chi connectivity index (χ0v) is 17.5. The highest BCUT2D eigenvalue weighted by Crippen LogP contribution is 2.46. The van der Waals surface area contributed by atoms with E-state index in [1.165, 1.54) is 0 Å². The zero-order chi connectivity index (χ0) is 24.1. The van der Waals surface area contributed by atoms with E-state index >= 15 is 0 Å². The number of halogens is 6. The van der Waals surface area contributed by atoms with Crippen LogP contribution in [0.1, 0.15) is 11.1 Å². The molecule has 0 saturated carbocycles. The summed E-state index contributed by atoms with van der Waals surface area (Å²) < 4.78 is 81.6. The van der Waals surface area contributed by atoms with Crippen molar-refractivity contribution in [1.82, 2.24) is 0 Å². The molecule has 0 bridgehead atoms. The molecule has 0 amide bonds. The van der Waals surface area contributed by atoms with Crippen molar-refractivity contribution in [3.05, 3.63) is 108 Å². The maximum Gasteiger partial charge on any atom is 0.416 e. The van der Waals surface area contributed by atoms with Crippen LogP contribution in [0.4, 0.5) is 26.3 Å². The second-order valence-corrected chi connectivity index (χ2v) is 8.00. The van der Waals surface area contributed by atoms with Gasteiger partial charge in [-0.3, -0.25) is 0 Å². The Kier molecular flexibility index (Phi) is 5.12. The lowest BCUT2D eigenvalue weighted by atomic mass is 9.85. The minimum Gasteiger partial charge on any atom is -0.166 e. The van der Waals surface area contributed by atoms with E-state index in [0.29, 0.717) is 16.3 Å². The van der Waals surface area contributed by atoms with Crippen LogP contribution in [0, 0.1) is 0 Å². The van der Waals surface area contributed by atoms with E-state index in [1.54, 1.807) is 36.4 Å². The van der Waals surface area contributed by atoms with Gasteiger partial charge in [0.1, 0.15) is 0 Å². The first-order valence-corrected chi connectivity index (χ1v) is 10.4. The van der Waals surface area contributed by atoms with Gasteiger partial charge in [-0.1, -0.05) is 78.9 Å². The maximum atomic E-state index is 13.6. The molecule has 170 valence electrons. The molecule has 0 nitrogen and oxygen atoms in total. The van der Waals surface area contributed by atoms with Gasteiger partial charge in [0.25, 0.3) is 0 Å². The monoisotopic (exact) mass is 466 g/mol. The summed E-state index contributed by atoms with van der Waals surface area (Å²) in [6, 6.07) is 25.5. The third-order valence-corrected chi connectivity index (χ3v) is 5.87. The number of fused-ring (bicyclic) bond motifs is 2. The molecule has 0 saturated heterocycles. The van der Waals surface area contributed by atoms with Gasteiger partial charge >= 0.3 is 12.4 Å². The van der Waals surface area contributed by atoms with E-state index in [-0.39, 0.29) is 11.6 Å². The van der Waals surface area contributed by atoms with Crippen LogP contribution in [0.5, 0.6) is 0 Å². The van der Waals surface area contributed by atoms with Crippen LogP contribution in [-0.4, -0.2) is 0 Å². The molecule has 0 spiro atoms. The molecule has 0 fully saturated rings. The molecule has 0 aromatic heterocycles.